The van der Waals surface area contributed by atoms with Crippen molar-refractivity contribution in [1.82, 2.24) is 4.98 Å². The van der Waals surface area contributed by atoms with E-state index in [1.165, 1.54) is 12.1 Å². The van der Waals surface area contributed by atoms with Gasteiger partial charge in [0.1, 0.15) is 10.8 Å². The Morgan fingerprint density at radius 1 is 0.960 bits per heavy atom. The van der Waals surface area contributed by atoms with Crippen LogP contribution < -0.4 is 0 Å². The van der Waals surface area contributed by atoms with E-state index < -0.39 is 15.7 Å². The van der Waals surface area contributed by atoms with E-state index in [2.05, 4.69) is 9.98 Å². The summed E-state index contributed by atoms with van der Waals surface area (Å²) in [6.45, 7) is 0. The molecule has 0 spiro atoms. The van der Waals surface area contributed by atoms with Gasteiger partial charge in [0.2, 0.25) is 0 Å². The molecule has 0 amide bonds. The van der Waals surface area contributed by atoms with Gasteiger partial charge in [-0.2, -0.15) is 0 Å². The third-order valence-electron chi connectivity index (χ3n) is 3.85. The molecule has 0 bridgehead atoms. The molecule has 3 aromatic rings. The molecule has 7 heteroatoms. The lowest BCUT2D eigenvalue weighted by Crippen LogP contribution is -2.06. The van der Waals surface area contributed by atoms with Gasteiger partial charge in [-0.1, -0.05) is 18.2 Å². The molecule has 0 saturated heterocycles. The maximum atomic E-state index is 12.9. The van der Waals surface area contributed by atoms with Crippen molar-refractivity contribution in [2.45, 2.75) is 9.92 Å². The van der Waals surface area contributed by atoms with Crippen molar-refractivity contribution in [2.24, 2.45) is 4.99 Å². The molecule has 0 aliphatic carbocycles. The highest BCUT2D eigenvalue weighted by Crippen LogP contribution is 2.33. The molecule has 1 unspecified atom stereocenters. The van der Waals surface area contributed by atoms with E-state index >= 15 is 0 Å². The maximum absolute atomic E-state index is 12.9. The average Bonchev–Trinajstić information content (AvgIpc) is 2.78. The number of hydrogen-bond acceptors (Lipinski definition) is 5. The first-order valence-corrected chi connectivity index (χ1v) is 8.60. The lowest BCUT2D eigenvalue weighted by atomic mass is 10.0. The lowest BCUT2D eigenvalue weighted by molar-refractivity contribution is -0.384. The molecule has 0 radical (unpaired) electrons. The predicted molar refractivity (Wildman–Crippen MR) is 93.7 cm³/mol. The average molecular weight is 349 g/mol. The van der Waals surface area contributed by atoms with Crippen molar-refractivity contribution in [3.63, 3.8) is 0 Å². The van der Waals surface area contributed by atoms with Crippen LogP contribution in [0, 0.1) is 10.1 Å². The Bertz CT molecular complexity index is 1050. The van der Waals surface area contributed by atoms with Gasteiger partial charge >= 0.3 is 0 Å². The second kappa shape index (κ2) is 6.03. The normalized spacial score (nSPS) is 15.5. The van der Waals surface area contributed by atoms with Gasteiger partial charge in [-0.05, 0) is 30.3 Å². The van der Waals surface area contributed by atoms with Crippen molar-refractivity contribution in [3.05, 3.63) is 88.1 Å². The number of aliphatic imine (C=N–C) groups is 1. The lowest BCUT2D eigenvalue weighted by Gasteiger charge is -2.08. The van der Waals surface area contributed by atoms with Crippen LogP contribution in [0.2, 0.25) is 0 Å². The van der Waals surface area contributed by atoms with Crippen LogP contribution in [0.3, 0.4) is 0 Å². The van der Waals surface area contributed by atoms with E-state index in [-0.39, 0.29) is 5.69 Å². The summed E-state index contributed by atoms with van der Waals surface area (Å²) in [6, 6.07) is 17.0. The summed E-state index contributed by atoms with van der Waals surface area (Å²) in [5, 5.41) is 11.3. The predicted octanol–water partition coefficient (Wildman–Crippen LogP) is 3.64. The highest BCUT2D eigenvalue weighted by molar-refractivity contribution is 7.85. The maximum Gasteiger partial charge on any atom is 0.269 e. The second-order valence-corrected chi connectivity index (χ2v) is 6.72. The summed E-state index contributed by atoms with van der Waals surface area (Å²) in [4.78, 5) is 19.9. The van der Waals surface area contributed by atoms with Crippen LogP contribution in [0.5, 0.6) is 0 Å². The van der Waals surface area contributed by atoms with Gasteiger partial charge in [-0.25, -0.2) is 14.2 Å². The third-order valence-corrected chi connectivity index (χ3v) is 5.27. The van der Waals surface area contributed by atoms with Crippen LogP contribution in [-0.4, -0.2) is 19.8 Å². The molecule has 1 aliphatic rings. The minimum Gasteiger partial charge on any atom is -0.258 e. The molecular weight excluding hydrogens is 338 g/mol. The molecule has 4 rings (SSSR count). The molecule has 0 N–H and O–H groups in total. The first-order chi connectivity index (χ1) is 12.1. The standard InChI is InChI=1S/C18H11N3O3S/c22-21(23)13-9-7-12(8-10-13)17-14-4-1-2-6-16(14)25(24)18-15(20-17)5-3-11-19-18/h1-11H. The SMILES string of the molecule is O=[N+]([O-])c1ccc(C2=Nc3cccnc3S(=O)c3ccccc32)cc1. The minimum atomic E-state index is -1.45. The number of nitrogens with zero attached hydrogens (tertiary/aromatic N) is 3. The van der Waals surface area contributed by atoms with Crippen LogP contribution in [0.15, 0.2) is 81.8 Å². The van der Waals surface area contributed by atoms with Gasteiger partial charge in [0.05, 0.1) is 21.2 Å². The minimum absolute atomic E-state index is 0.0110. The molecule has 6 nitrogen and oxygen atoms in total. The van der Waals surface area contributed by atoms with Crippen molar-refractivity contribution in [3.8, 4) is 0 Å². The zero-order chi connectivity index (χ0) is 17.4. The Balaban J connectivity index is 1.97. The fourth-order valence-electron chi connectivity index (χ4n) is 2.68. The number of non-ortho nitro benzene ring substituents is 1. The summed E-state index contributed by atoms with van der Waals surface area (Å²) >= 11 is 0. The van der Waals surface area contributed by atoms with Gasteiger partial charge in [0.15, 0.2) is 5.03 Å². The van der Waals surface area contributed by atoms with E-state index in [1.807, 2.05) is 18.2 Å². The molecule has 0 saturated carbocycles. The van der Waals surface area contributed by atoms with Crippen LogP contribution in [0.25, 0.3) is 0 Å². The molecule has 1 atom stereocenters. The van der Waals surface area contributed by atoms with Crippen molar-refractivity contribution in [1.29, 1.82) is 0 Å². The van der Waals surface area contributed by atoms with E-state index in [0.717, 1.165) is 5.56 Å². The molecule has 0 fully saturated rings. The third kappa shape index (κ3) is 2.64. The molecule has 25 heavy (non-hydrogen) atoms. The number of aromatic nitrogens is 1. The Kier molecular flexibility index (Phi) is 3.70. The van der Waals surface area contributed by atoms with Crippen molar-refractivity contribution in [2.75, 3.05) is 0 Å². The largest absolute Gasteiger partial charge is 0.269 e. The van der Waals surface area contributed by atoms with E-state index in [0.29, 0.717) is 26.9 Å². The summed E-state index contributed by atoms with van der Waals surface area (Å²) < 4.78 is 12.9. The summed E-state index contributed by atoms with van der Waals surface area (Å²) in [5.41, 5.74) is 2.60. The summed E-state index contributed by atoms with van der Waals surface area (Å²) in [6.07, 6.45) is 1.59. The Morgan fingerprint density at radius 3 is 2.48 bits per heavy atom. The van der Waals surface area contributed by atoms with Crippen LogP contribution in [0.4, 0.5) is 11.4 Å². The smallest absolute Gasteiger partial charge is 0.258 e. The molecule has 1 aromatic heterocycles. The van der Waals surface area contributed by atoms with Gasteiger partial charge in [-0.3, -0.25) is 10.1 Å². The molecule has 2 heterocycles. The monoisotopic (exact) mass is 349 g/mol. The fourth-order valence-corrected chi connectivity index (χ4v) is 3.92. The zero-order valence-electron chi connectivity index (χ0n) is 12.8. The number of nitro groups is 1. The topological polar surface area (TPSA) is 85.5 Å². The zero-order valence-corrected chi connectivity index (χ0v) is 13.6. The molecular formula is C18H11N3O3S. The van der Waals surface area contributed by atoms with Crippen molar-refractivity contribution < 1.29 is 9.13 Å². The van der Waals surface area contributed by atoms with Gasteiger partial charge in [0, 0.05) is 29.5 Å². The first kappa shape index (κ1) is 15.3. The summed E-state index contributed by atoms with van der Waals surface area (Å²) in [7, 11) is -1.45. The molecule has 122 valence electrons. The number of fused-ring (bicyclic) bond motifs is 2. The van der Waals surface area contributed by atoms with Crippen LogP contribution >= 0.6 is 0 Å². The van der Waals surface area contributed by atoms with Gasteiger partial charge in [-0.15, -0.1) is 0 Å². The molecule has 2 aromatic carbocycles. The van der Waals surface area contributed by atoms with E-state index in [9.17, 15) is 14.3 Å². The van der Waals surface area contributed by atoms with Gasteiger partial charge in [0.25, 0.3) is 5.69 Å². The second-order valence-electron chi connectivity index (χ2n) is 5.36. The van der Waals surface area contributed by atoms with Crippen LogP contribution in [0.1, 0.15) is 11.1 Å². The quantitative estimate of drug-likeness (QED) is 0.408. The number of pyridine rings is 1. The Hall–Kier alpha value is -3.19. The first-order valence-electron chi connectivity index (χ1n) is 7.45. The van der Waals surface area contributed by atoms with E-state index in [4.69, 9.17) is 0 Å². The highest BCUT2D eigenvalue weighted by atomic mass is 32.2. The van der Waals surface area contributed by atoms with Gasteiger partial charge < -0.3 is 0 Å². The number of hydrogen-bond donors (Lipinski definition) is 0. The highest BCUT2D eigenvalue weighted by Gasteiger charge is 2.24. The Labute approximate surface area is 145 Å². The number of nitro benzene ring substituents is 1. The van der Waals surface area contributed by atoms with E-state index in [1.54, 1.807) is 36.5 Å². The Morgan fingerprint density at radius 2 is 1.72 bits per heavy atom. The number of benzene rings is 2. The van der Waals surface area contributed by atoms with Crippen molar-refractivity contribution >= 4 is 27.9 Å². The number of rotatable bonds is 2. The fraction of sp³-hybridized carbons (Fsp3) is 0. The molecule has 1 aliphatic heterocycles. The summed E-state index contributed by atoms with van der Waals surface area (Å²) in [5.74, 6) is 0. The van der Waals surface area contributed by atoms with Crippen LogP contribution in [-0.2, 0) is 10.8 Å².